The predicted octanol–water partition coefficient (Wildman–Crippen LogP) is 3.15. The van der Waals surface area contributed by atoms with Gasteiger partial charge in [-0.2, -0.15) is 0 Å². The number of anilines is 1. The minimum Gasteiger partial charge on any atom is -0.298 e. The highest BCUT2D eigenvalue weighted by Crippen LogP contribution is 2.16. The van der Waals surface area contributed by atoms with Crippen molar-refractivity contribution in [3.63, 3.8) is 0 Å². The summed E-state index contributed by atoms with van der Waals surface area (Å²) >= 11 is 11.5. The lowest BCUT2D eigenvalue weighted by molar-refractivity contribution is 0.0962. The van der Waals surface area contributed by atoms with Crippen molar-refractivity contribution in [2.75, 3.05) is 5.43 Å². The normalized spacial score (nSPS) is 9.89. The molecule has 0 atom stereocenters. The average molecular weight is 282 g/mol. The number of pyridine rings is 1. The number of aromatic nitrogens is 1. The quantitative estimate of drug-likeness (QED) is 0.671. The fourth-order valence-electron chi connectivity index (χ4n) is 1.30. The molecule has 6 heteroatoms. The zero-order valence-electron chi connectivity index (χ0n) is 9.15. The van der Waals surface area contributed by atoms with Gasteiger partial charge in [-0.1, -0.05) is 41.4 Å². The zero-order chi connectivity index (χ0) is 13.0. The van der Waals surface area contributed by atoms with Crippen LogP contribution in [0.15, 0.2) is 42.5 Å². The predicted molar refractivity (Wildman–Crippen MR) is 71.8 cm³/mol. The monoisotopic (exact) mass is 281 g/mol. The van der Waals surface area contributed by atoms with E-state index in [-0.39, 0.29) is 21.8 Å². The summed E-state index contributed by atoms with van der Waals surface area (Å²) in [4.78, 5) is 15.6. The minimum atomic E-state index is -0.381. The topological polar surface area (TPSA) is 54.0 Å². The van der Waals surface area contributed by atoms with Crippen molar-refractivity contribution in [3.8, 4) is 0 Å². The lowest BCUT2D eigenvalue weighted by Gasteiger charge is -2.08. The summed E-state index contributed by atoms with van der Waals surface area (Å²) in [5.41, 5.74) is 6.31. The number of nitrogens with one attached hydrogen (secondary N) is 2. The molecule has 2 rings (SSSR count). The summed E-state index contributed by atoms with van der Waals surface area (Å²) in [7, 11) is 0. The molecule has 0 radical (unpaired) electrons. The molecule has 0 saturated heterocycles. The van der Waals surface area contributed by atoms with Crippen LogP contribution >= 0.6 is 23.2 Å². The van der Waals surface area contributed by atoms with Crippen molar-refractivity contribution in [3.05, 3.63) is 58.3 Å². The lowest BCUT2D eigenvalue weighted by Crippen LogP contribution is -2.29. The van der Waals surface area contributed by atoms with Gasteiger partial charge in [0.05, 0.1) is 11.3 Å². The van der Waals surface area contributed by atoms with Crippen LogP contribution in [-0.2, 0) is 0 Å². The number of hydrogen-bond donors (Lipinski definition) is 2. The van der Waals surface area contributed by atoms with Gasteiger partial charge in [0, 0.05) is 0 Å². The fourth-order valence-corrected chi connectivity index (χ4v) is 1.73. The van der Waals surface area contributed by atoms with Crippen LogP contribution in [0.2, 0.25) is 10.3 Å². The third-order valence-electron chi connectivity index (χ3n) is 2.15. The largest absolute Gasteiger partial charge is 0.298 e. The molecule has 0 fully saturated rings. The first-order chi connectivity index (χ1) is 8.66. The third-order valence-corrected chi connectivity index (χ3v) is 2.65. The van der Waals surface area contributed by atoms with E-state index < -0.39 is 0 Å². The molecule has 1 amide bonds. The van der Waals surface area contributed by atoms with E-state index in [1.165, 1.54) is 12.1 Å². The maximum Gasteiger partial charge on any atom is 0.272 e. The van der Waals surface area contributed by atoms with Gasteiger partial charge < -0.3 is 0 Å². The van der Waals surface area contributed by atoms with E-state index in [2.05, 4.69) is 15.8 Å². The van der Waals surface area contributed by atoms with Gasteiger partial charge in [-0.3, -0.25) is 15.6 Å². The molecule has 0 aliphatic carbocycles. The molecule has 0 unspecified atom stereocenters. The summed E-state index contributed by atoms with van der Waals surface area (Å²) in [6, 6.07) is 12.2. The average Bonchev–Trinajstić information content (AvgIpc) is 2.37. The van der Waals surface area contributed by atoms with Crippen LogP contribution in [-0.4, -0.2) is 10.9 Å². The van der Waals surface area contributed by atoms with E-state index in [9.17, 15) is 4.79 Å². The van der Waals surface area contributed by atoms with Gasteiger partial charge in [0.25, 0.3) is 5.91 Å². The number of nitrogens with zero attached hydrogens (tertiary/aromatic N) is 1. The first-order valence-electron chi connectivity index (χ1n) is 5.10. The highest BCUT2D eigenvalue weighted by Gasteiger charge is 2.11. The number of carbonyl (C=O) groups is 1. The van der Waals surface area contributed by atoms with Crippen LogP contribution in [0.5, 0.6) is 0 Å². The number of para-hydroxylation sites is 1. The van der Waals surface area contributed by atoms with E-state index in [4.69, 9.17) is 23.2 Å². The summed E-state index contributed by atoms with van der Waals surface area (Å²) < 4.78 is 0. The van der Waals surface area contributed by atoms with Gasteiger partial charge in [0.15, 0.2) is 0 Å². The second kappa shape index (κ2) is 5.71. The molecular weight excluding hydrogens is 273 g/mol. The minimum absolute atomic E-state index is 0.0647. The Balaban J connectivity index is 2.04. The third kappa shape index (κ3) is 3.12. The number of carbonyl (C=O) groups excluding carboxylic acids is 1. The van der Waals surface area contributed by atoms with Gasteiger partial charge in [-0.25, -0.2) is 4.98 Å². The molecule has 0 bridgehead atoms. The Morgan fingerprint density at radius 2 is 1.78 bits per heavy atom. The molecule has 92 valence electrons. The van der Waals surface area contributed by atoms with Crippen molar-refractivity contribution >= 4 is 34.8 Å². The van der Waals surface area contributed by atoms with Gasteiger partial charge in [-0.15, -0.1) is 0 Å². The van der Waals surface area contributed by atoms with E-state index in [1.807, 2.05) is 30.3 Å². The van der Waals surface area contributed by atoms with E-state index in [0.29, 0.717) is 0 Å². The van der Waals surface area contributed by atoms with Gasteiger partial charge >= 0.3 is 0 Å². The number of benzene rings is 1. The molecule has 4 nitrogen and oxygen atoms in total. The number of amides is 1. The molecule has 2 N–H and O–H groups in total. The molecule has 1 heterocycles. The standard InChI is InChI=1S/C12H9Cl2N3O/c13-10-7-6-9(11(14)15-10)12(18)17-16-8-4-2-1-3-5-8/h1-7,16H,(H,17,18). The molecule has 2 aromatic rings. The van der Waals surface area contributed by atoms with E-state index >= 15 is 0 Å². The van der Waals surface area contributed by atoms with Crippen LogP contribution in [0, 0.1) is 0 Å². The Morgan fingerprint density at radius 1 is 1.06 bits per heavy atom. The molecule has 1 aromatic heterocycles. The SMILES string of the molecule is O=C(NNc1ccccc1)c1ccc(Cl)nc1Cl. The Labute approximate surface area is 114 Å². The Morgan fingerprint density at radius 3 is 2.44 bits per heavy atom. The van der Waals surface area contributed by atoms with Crippen LogP contribution in [0.25, 0.3) is 0 Å². The highest BCUT2D eigenvalue weighted by atomic mass is 35.5. The van der Waals surface area contributed by atoms with Gasteiger partial charge in [-0.05, 0) is 24.3 Å². The maximum absolute atomic E-state index is 11.8. The Hall–Kier alpha value is -1.78. The van der Waals surface area contributed by atoms with E-state index in [1.54, 1.807) is 0 Å². The van der Waals surface area contributed by atoms with Crippen LogP contribution in [0.4, 0.5) is 5.69 Å². The molecule has 18 heavy (non-hydrogen) atoms. The van der Waals surface area contributed by atoms with Crippen molar-refractivity contribution < 1.29 is 4.79 Å². The number of rotatable bonds is 3. The maximum atomic E-state index is 11.8. The van der Waals surface area contributed by atoms with Gasteiger partial charge in [0.1, 0.15) is 10.3 Å². The summed E-state index contributed by atoms with van der Waals surface area (Å²) in [5.74, 6) is -0.381. The molecular formula is C12H9Cl2N3O. The molecule has 0 aliphatic rings. The van der Waals surface area contributed by atoms with Crippen LogP contribution in [0.1, 0.15) is 10.4 Å². The van der Waals surface area contributed by atoms with Gasteiger partial charge in [0.2, 0.25) is 0 Å². The van der Waals surface area contributed by atoms with Crippen molar-refractivity contribution in [1.82, 2.24) is 10.4 Å². The Kier molecular flexibility index (Phi) is 4.02. The fraction of sp³-hybridized carbons (Fsp3) is 0. The van der Waals surface area contributed by atoms with Crippen molar-refractivity contribution in [2.45, 2.75) is 0 Å². The summed E-state index contributed by atoms with van der Waals surface area (Å²) in [5, 5.41) is 0.308. The summed E-state index contributed by atoms with van der Waals surface area (Å²) in [6.45, 7) is 0. The molecule has 0 spiro atoms. The molecule has 0 saturated carbocycles. The van der Waals surface area contributed by atoms with Crippen molar-refractivity contribution in [2.24, 2.45) is 0 Å². The van der Waals surface area contributed by atoms with Crippen LogP contribution in [0.3, 0.4) is 0 Å². The zero-order valence-corrected chi connectivity index (χ0v) is 10.7. The number of halogens is 2. The Bertz CT molecular complexity index is 561. The van der Waals surface area contributed by atoms with Crippen molar-refractivity contribution in [1.29, 1.82) is 0 Å². The highest BCUT2D eigenvalue weighted by molar-refractivity contribution is 6.34. The number of hydrazine groups is 1. The molecule has 1 aromatic carbocycles. The second-order valence-corrected chi connectivity index (χ2v) is 4.16. The smallest absolute Gasteiger partial charge is 0.272 e. The number of hydrogen-bond acceptors (Lipinski definition) is 3. The molecule has 0 aliphatic heterocycles. The summed E-state index contributed by atoms with van der Waals surface area (Å²) in [6.07, 6.45) is 0. The first-order valence-corrected chi connectivity index (χ1v) is 5.86. The lowest BCUT2D eigenvalue weighted by atomic mass is 10.3. The van der Waals surface area contributed by atoms with E-state index in [0.717, 1.165) is 5.69 Å². The second-order valence-electron chi connectivity index (χ2n) is 3.42. The van der Waals surface area contributed by atoms with Crippen LogP contribution < -0.4 is 10.9 Å². The first kappa shape index (κ1) is 12.7.